The molecule has 96 valence electrons. The smallest absolute Gasteiger partial charge is 0.0922 e. The molecule has 0 bridgehead atoms. The summed E-state index contributed by atoms with van der Waals surface area (Å²) in [5.41, 5.74) is 9.29. The number of anilines is 1. The van der Waals surface area contributed by atoms with Crippen LogP contribution in [0.4, 0.5) is 5.69 Å². The van der Waals surface area contributed by atoms with Crippen molar-refractivity contribution in [2.45, 2.75) is 33.0 Å². The zero-order valence-corrected chi connectivity index (χ0v) is 10.9. The monoisotopic (exact) mass is 244 g/mol. The molecule has 0 unspecified atom stereocenters. The number of rotatable bonds is 5. The quantitative estimate of drug-likeness (QED) is 0.848. The Morgan fingerprint density at radius 3 is 2.72 bits per heavy atom. The molecule has 0 saturated carbocycles. The van der Waals surface area contributed by atoms with Crippen LogP contribution in [-0.2, 0) is 13.1 Å². The summed E-state index contributed by atoms with van der Waals surface area (Å²) in [5, 5.41) is 0. The lowest BCUT2D eigenvalue weighted by atomic mass is 10.1. The minimum absolute atomic E-state index is 0.404. The van der Waals surface area contributed by atoms with Crippen molar-refractivity contribution < 1.29 is 0 Å². The molecule has 4 heteroatoms. The Labute approximate surface area is 108 Å². The van der Waals surface area contributed by atoms with Gasteiger partial charge in [0, 0.05) is 24.5 Å². The highest BCUT2D eigenvalue weighted by molar-refractivity contribution is 5.54. The molecule has 18 heavy (non-hydrogen) atoms. The van der Waals surface area contributed by atoms with E-state index in [-0.39, 0.29) is 0 Å². The van der Waals surface area contributed by atoms with E-state index >= 15 is 0 Å². The van der Waals surface area contributed by atoms with Gasteiger partial charge < -0.3 is 15.6 Å². The van der Waals surface area contributed by atoms with Crippen LogP contribution in [0.2, 0.25) is 0 Å². The fourth-order valence-corrected chi connectivity index (χ4v) is 2.06. The van der Waals surface area contributed by atoms with Gasteiger partial charge in [-0.1, -0.05) is 18.2 Å². The number of nitrogens with zero attached hydrogens (tertiary/aromatic N) is 2. The van der Waals surface area contributed by atoms with E-state index in [1.54, 1.807) is 6.33 Å². The van der Waals surface area contributed by atoms with E-state index in [0.29, 0.717) is 12.6 Å². The van der Waals surface area contributed by atoms with E-state index in [9.17, 15) is 0 Å². The predicted molar refractivity (Wildman–Crippen MR) is 74.2 cm³/mol. The Morgan fingerprint density at radius 1 is 1.33 bits per heavy atom. The fourth-order valence-electron chi connectivity index (χ4n) is 2.06. The fraction of sp³-hybridized carbons (Fsp3) is 0.357. The SMILES string of the molecule is CC(C)N(Cc1cnc[nH]1)c1ccccc1CN. The van der Waals surface area contributed by atoms with E-state index < -0.39 is 0 Å². The zero-order chi connectivity index (χ0) is 13.0. The number of aromatic amines is 1. The Morgan fingerprint density at radius 2 is 2.11 bits per heavy atom. The van der Waals surface area contributed by atoms with Gasteiger partial charge in [-0.05, 0) is 25.5 Å². The summed E-state index contributed by atoms with van der Waals surface area (Å²) < 4.78 is 0. The van der Waals surface area contributed by atoms with Gasteiger partial charge in [-0.15, -0.1) is 0 Å². The van der Waals surface area contributed by atoms with Crippen LogP contribution in [0.3, 0.4) is 0 Å². The first-order chi connectivity index (χ1) is 8.72. The third-order valence-corrected chi connectivity index (χ3v) is 3.04. The van der Waals surface area contributed by atoms with Gasteiger partial charge in [0.15, 0.2) is 0 Å². The standard InChI is InChI=1S/C14H20N4/c1-11(2)18(9-13-8-16-10-17-13)14-6-4-3-5-12(14)7-15/h3-6,8,10-11H,7,9,15H2,1-2H3,(H,16,17). The largest absolute Gasteiger partial charge is 0.363 e. The van der Waals surface area contributed by atoms with Crippen molar-refractivity contribution in [3.05, 3.63) is 48.0 Å². The van der Waals surface area contributed by atoms with E-state index in [0.717, 1.165) is 12.2 Å². The summed E-state index contributed by atoms with van der Waals surface area (Å²) in [7, 11) is 0. The second-order valence-corrected chi connectivity index (χ2v) is 4.63. The van der Waals surface area contributed by atoms with Crippen LogP contribution >= 0.6 is 0 Å². The van der Waals surface area contributed by atoms with Gasteiger partial charge in [-0.25, -0.2) is 4.98 Å². The normalized spacial score (nSPS) is 10.9. The zero-order valence-electron chi connectivity index (χ0n) is 10.9. The highest BCUT2D eigenvalue weighted by Gasteiger charge is 2.14. The maximum atomic E-state index is 5.82. The van der Waals surface area contributed by atoms with Crippen molar-refractivity contribution in [2.24, 2.45) is 5.73 Å². The molecule has 0 aliphatic rings. The van der Waals surface area contributed by atoms with E-state index in [2.05, 4.69) is 46.9 Å². The number of benzene rings is 1. The molecule has 1 heterocycles. The average molecular weight is 244 g/mol. The number of hydrogen-bond donors (Lipinski definition) is 2. The summed E-state index contributed by atoms with van der Waals surface area (Å²) in [5.74, 6) is 0. The van der Waals surface area contributed by atoms with E-state index in [1.165, 1.54) is 11.3 Å². The summed E-state index contributed by atoms with van der Waals surface area (Å²) in [6.07, 6.45) is 3.57. The van der Waals surface area contributed by atoms with Gasteiger partial charge in [-0.2, -0.15) is 0 Å². The Bertz CT molecular complexity index is 476. The molecule has 0 aliphatic carbocycles. The lowest BCUT2D eigenvalue weighted by Crippen LogP contribution is -2.31. The number of aromatic nitrogens is 2. The molecule has 0 spiro atoms. The van der Waals surface area contributed by atoms with Crippen LogP contribution in [-0.4, -0.2) is 16.0 Å². The number of imidazole rings is 1. The van der Waals surface area contributed by atoms with Crippen molar-refractivity contribution in [2.75, 3.05) is 4.90 Å². The summed E-state index contributed by atoms with van der Waals surface area (Å²) >= 11 is 0. The Balaban J connectivity index is 2.29. The molecule has 2 aromatic rings. The first-order valence-electron chi connectivity index (χ1n) is 6.24. The second-order valence-electron chi connectivity index (χ2n) is 4.63. The third-order valence-electron chi connectivity index (χ3n) is 3.04. The molecule has 0 fully saturated rings. The van der Waals surface area contributed by atoms with E-state index in [4.69, 9.17) is 5.73 Å². The topological polar surface area (TPSA) is 57.9 Å². The molecule has 0 saturated heterocycles. The molecule has 2 rings (SSSR count). The molecular weight excluding hydrogens is 224 g/mol. The predicted octanol–water partition coefficient (Wildman–Crippen LogP) is 2.28. The number of para-hydroxylation sites is 1. The van der Waals surface area contributed by atoms with Crippen molar-refractivity contribution in [1.82, 2.24) is 9.97 Å². The maximum absolute atomic E-state index is 5.82. The van der Waals surface area contributed by atoms with Gasteiger partial charge in [0.25, 0.3) is 0 Å². The maximum Gasteiger partial charge on any atom is 0.0922 e. The van der Waals surface area contributed by atoms with Crippen molar-refractivity contribution in [3.8, 4) is 0 Å². The summed E-state index contributed by atoms with van der Waals surface area (Å²) in [4.78, 5) is 9.54. The van der Waals surface area contributed by atoms with Crippen LogP contribution in [0.5, 0.6) is 0 Å². The number of hydrogen-bond acceptors (Lipinski definition) is 3. The molecule has 0 atom stereocenters. The molecular formula is C14H20N4. The first kappa shape index (κ1) is 12.6. The summed E-state index contributed by atoms with van der Waals surface area (Å²) in [6.45, 7) is 5.74. The molecule has 1 aromatic heterocycles. The van der Waals surface area contributed by atoms with Crippen molar-refractivity contribution in [1.29, 1.82) is 0 Å². The van der Waals surface area contributed by atoms with Gasteiger partial charge >= 0.3 is 0 Å². The Kier molecular flexibility index (Phi) is 3.99. The molecule has 3 N–H and O–H groups in total. The molecule has 1 aromatic carbocycles. The van der Waals surface area contributed by atoms with Gasteiger partial charge in [0.1, 0.15) is 0 Å². The number of nitrogens with one attached hydrogen (secondary N) is 1. The van der Waals surface area contributed by atoms with Crippen LogP contribution in [0.15, 0.2) is 36.8 Å². The molecule has 0 radical (unpaired) electrons. The minimum Gasteiger partial charge on any atom is -0.363 e. The van der Waals surface area contributed by atoms with Gasteiger partial charge in [0.05, 0.1) is 18.6 Å². The second kappa shape index (κ2) is 5.69. The lowest BCUT2D eigenvalue weighted by Gasteiger charge is -2.30. The Hall–Kier alpha value is -1.81. The van der Waals surface area contributed by atoms with Crippen LogP contribution in [0, 0.1) is 0 Å². The lowest BCUT2D eigenvalue weighted by molar-refractivity contribution is 0.671. The molecule has 0 amide bonds. The average Bonchev–Trinajstić information content (AvgIpc) is 2.88. The van der Waals surface area contributed by atoms with Gasteiger partial charge in [-0.3, -0.25) is 0 Å². The third kappa shape index (κ3) is 2.71. The van der Waals surface area contributed by atoms with Crippen molar-refractivity contribution >= 4 is 5.69 Å². The highest BCUT2D eigenvalue weighted by Crippen LogP contribution is 2.23. The molecule has 4 nitrogen and oxygen atoms in total. The van der Waals surface area contributed by atoms with Crippen LogP contribution in [0.1, 0.15) is 25.1 Å². The van der Waals surface area contributed by atoms with E-state index in [1.807, 2.05) is 12.3 Å². The number of H-pyrrole nitrogens is 1. The summed E-state index contributed by atoms with van der Waals surface area (Å²) in [6, 6.07) is 8.69. The molecule has 0 aliphatic heterocycles. The van der Waals surface area contributed by atoms with Crippen LogP contribution < -0.4 is 10.6 Å². The van der Waals surface area contributed by atoms with Crippen LogP contribution in [0.25, 0.3) is 0 Å². The van der Waals surface area contributed by atoms with Crippen molar-refractivity contribution in [3.63, 3.8) is 0 Å². The number of nitrogens with two attached hydrogens (primary N) is 1. The first-order valence-corrected chi connectivity index (χ1v) is 6.24. The highest BCUT2D eigenvalue weighted by atomic mass is 15.2. The van der Waals surface area contributed by atoms with Gasteiger partial charge in [0.2, 0.25) is 0 Å². The minimum atomic E-state index is 0.404.